The normalized spacial score (nSPS) is 15.1. The molecule has 0 unspecified atom stereocenters. The van der Waals surface area contributed by atoms with Gasteiger partial charge in [0, 0.05) is 19.3 Å². The molecular formula is C16H21N3O4. The topological polar surface area (TPSA) is 88.6 Å². The first kappa shape index (κ1) is 16.9. The zero-order valence-electron chi connectivity index (χ0n) is 13.4. The van der Waals surface area contributed by atoms with Crippen molar-refractivity contribution in [3.05, 3.63) is 23.9 Å². The van der Waals surface area contributed by atoms with E-state index in [1.807, 2.05) is 6.92 Å². The average Bonchev–Trinajstić information content (AvgIpc) is 2.56. The van der Waals surface area contributed by atoms with Crippen molar-refractivity contribution in [1.82, 2.24) is 9.88 Å². The zero-order valence-corrected chi connectivity index (χ0v) is 13.4. The Hall–Kier alpha value is -2.44. The van der Waals surface area contributed by atoms with Gasteiger partial charge in [0.05, 0.1) is 12.5 Å². The number of amides is 2. The Labute approximate surface area is 135 Å². The van der Waals surface area contributed by atoms with Gasteiger partial charge in [-0.1, -0.05) is 6.07 Å². The third-order valence-electron chi connectivity index (χ3n) is 3.75. The van der Waals surface area contributed by atoms with Gasteiger partial charge >= 0.3 is 17.8 Å². The van der Waals surface area contributed by atoms with Crippen LogP contribution in [0.25, 0.3) is 0 Å². The van der Waals surface area contributed by atoms with E-state index in [2.05, 4.69) is 10.3 Å². The largest absolute Gasteiger partial charge is 0.466 e. The number of carbonyl (C=O) groups excluding carboxylic acids is 3. The zero-order chi connectivity index (χ0) is 16.8. The number of aryl methyl sites for hydroxylation is 1. The lowest BCUT2D eigenvalue weighted by molar-refractivity contribution is -0.152. The summed E-state index contributed by atoms with van der Waals surface area (Å²) in [5.41, 5.74) is 0.968. The van der Waals surface area contributed by atoms with Crippen molar-refractivity contribution in [3.63, 3.8) is 0 Å². The van der Waals surface area contributed by atoms with Crippen LogP contribution in [0, 0.1) is 12.8 Å². The molecule has 1 fully saturated rings. The van der Waals surface area contributed by atoms with Gasteiger partial charge in [0.1, 0.15) is 5.82 Å². The number of rotatable bonds is 3. The number of anilines is 1. The quantitative estimate of drug-likeness (QED) is 0.666. The van der Waals surface area contributed by atoms with Crippen molar-refractivity contribution in [3.8, 4) is 0 Å². The highest BCUT2D eigenvalue weighted by atomic mass is 16.5. The summed E-state index contributed by atoms with van der Waals surface area (Å²) in [7, 11) is 0. The summed E-state index contributed by atoms with van der Waals surface area (Å²) in [6.07, 6.45) is 2.65. The molecule has 1 aromatic heterocycles. The van der Waals surface area contributed by atoms with Crippen LogP contribution >= 0.6 is 0 Å². The van der Waals surface area contributed by atoms with Gasteiger partial charge < -0.3 is 15.0 Å². The first-order valence-corrected chi connectivity index (χ1v) is 7.70. The Morgan fingerprint density at radius 3 is 2.57 bits per heavy atom. The molecule has 0 aromatic carbocycles. The van der Waals surface area contributed by atoms with E-state index >= 15 is 0 Å². The fraction of sp³-hybridized carbons (Fsp3) is 0.500. The van der Waals surface area contributed by atoms with Crippen LogP contribution in [-0.4, -0.2) is 47.4 Å². The minimum atomic E-state index is -0.712. The summed E-state index contributed by atoms with van der Waals surface area (Å²) in [4.78, 5) is 41.3. The summed E-state index contributed by atoms with van der Waals surface area (Å²) < 4.78 is 4.98. The molecule has 7 nitrogen and oxygen atoms in total. The second-order valence-electron chi connectivity index (χ2n) is 5.49. The molecule has 0 aliphatic carbocycles. The van der Waals surface area contributed by atoms with Gasteiger partial charge in [-0.3, -0.25) is 14.4 Å². The molecule has 2 amide bonds. The van der Waals surface area contributed by atoms with Crippen LogP contribution in [0.1, 0.15) is 25.3 Å². The fourth-order valence-electron chi connectivity index (χ4n) is 2.43. The SMILES string of the molecule is CCOC(=O)C1CCN(C(=O)C(=O)Nc2ccc(C)cn2)CC1. The smallest absolute Gasteiger partial charge is 0.315 e. The lowest BCUT2D eigenvalue weighted by Crippen LogP contribution is -2.45. The number of ether oxygens (including phenoxy) is 1. The fourth-order valence-corrected chi connectivity index (χ4v) is 2.43. The van der Waals surface area contributed by atoms with Gasteiger partial charge in [-0.2, -0.15) is 0 Å². The first-order chi connectivity index (χ1) is 11.0. The molecule has 1 aromatic rings. The van der Waals surface area contributed by atoms with Crippen LogP contribution in [0.15, 0.2) is 18.3 Å². The Balaban J connectivity index is 1.85. The second-order valence-corrected chi connectivity index (χ2v) is 5.49. The highest BCUT2D eigenvalue weighted by Crippen LogP contribution is 2.19. The third kappa shape index (κ3) is 4.51. The van der Waals surface area contributed by atoms with Crippen molar-refractivity contribution in [2.24, 2.45) is 5.92 Å². The molecular weight excluding hydrogens is 298 g/mol. The first-order valence-electron chi connectivity index (χ1n) is 7.70. The van der Waals surface area contributed by atoms with Crippen LogP contribution in [-0.2, 0) is 19.1 Å². The maximum atomic E-state index is 12.1. The number of carbonyl (C=O) groups is 3. The highest BCUT2D eigenvalue weighted by molar-refractivity contribution is 6.39. The minimum Gasteiger partial charge on any atom is -0.466 e. The Morgan fingerprint density at radius 2 is 2.00 bits per heavy atom. The van der Waals surface area contributed by atoms with Crippen molar-refractivity contribution in [2.45, 2.75) is 26.7 Å². The number of hydrogen-bond acceptors (Lipinski definition) is 5. The molecule has 0 saturated carbocycles. The van der Waals surface area contributed by atoms with Gasteiger partial charge in [0.25, 0.3) is 0 Å². The molecule has 1 saturated heterocycles. The molecule has 124 valence electrons. The van der Waals surface area contributed by atoms with Crippen LogP contribution in [0.3, 0.4) is 0 Å². The molecule has 1 aliphatic rings. The summed E-state index contributed by atoms with van der Waals surface area (Å²) in [6.45, 7) is 4.75. The Bertz CT molecular complexity index is 577. The number of nitrogens with one attached hydrogen (secondary N) is 1. The van der Waals surface area contributed by atoms with Crippen molar-refractivity contribution >= 4 is 23.6 Å². The number of aromatic nitrogens is 1. The maximum absolute atomic E-state index is 12.1. The molecule has 2 heterocycles. The van der Waals surface area contributed by atoms with Crippen LogP contribution < -0.4 is 5.32 Å². The van der Waals surface area contributed by atoms with E-state index in [0.717, 1.165) is 5.56 Å². The molecule has 0 spiro atoms. The van der Waals surface area contributed by atoms with E-state index in [0.29, 0.717) is 38.4 Å². The predicted octanol–water partition coefficient (Wildman–Crippen LogP) is 1.13. The van der Waals surface area contributed by atoms with Gasteiger partial charge in [-0.15, -0.1) is 0 Å². The minimum absolute atomic E-state index is 0.194. The maximum Gasteiger partial charge on any atom is 0.315 e. The lowest BCUT2D eigenvalue weighted by atomic mass is 9.97. The lowest BCUT2D eigenvalue weighted by Gasteiger charge is -2.30. The number of piperidine rings is 1. The predicted molar refractivity (Wildman–Crippen MR) is 83.5 cm³/mol. The molecule has 0 bridgehead atoms. The van der Waals surface area contributed by atoms with E-state index in [1.54, 1.807) is 25.3 Å². The molecule has 0 radical (unpaired) electrons. The number of hydrogen-bond donors (Lipinski definition) is 1. The van der Waals surface area contributed by atoms with Crippen LogP contribution in [0.5, 0.6) is 0 Å². The van der Waals surface area contributed by atoms with Gasteiger partial charge in [-0.05, 0) is 38.3 Å². The van der Waals surface area contributed by atoms with E-state index in [9.17, 15) is 14.4 Å². The molecule has 0 atom stereocenters. The highest BCUT2D eigenvalue weighted by Gasteiger charge is 2.30. The Morgan fingerprint density at radius 1 is 1.30 bits per heavy atom. The van der Waals surface area contributed by atoms with Crippen molar-refractivity contribution < 1.29 is 19.1 Å². The average molecular weight is 319 g/mol. The summed E-state index contributed by atoms with van der Waals surface area (Å²) >= 11 is 0. The van der Waals surface area contributed by atoms with E-state index in [-0.39, 0.29) is 11.9 Å². The van der Waals surface area contributed by atoms with E-state index in [1.165, 1.54) is 4.90 Å². The standard InChI is InChI=1S/C16H21N3O4/c1-3-23-16(22)12-6-8-19(9-7-12)15(21)14(20)18-13-5-4-11(2)10-17-13/h4-5,10,12H,3,6-9H2,1-2H3,(H,17,18,20). The Kier molecular flexibility index (Phi) is 5.67. The number of pyridine rings is 1. The summed E-state index contributed by atoms with van der Waals surface area (Å²) in [5, 5.41) is 2.49. The molecule has 7 heteroatoms. The number of likely N-dealkylation sites (tertiary alicyclic amines) is 1. The van der Waals surface area contributed by atoms with Crippen LogP contribution in [0.2, 0.25) is 0 Å². The molecule has 1 aliphatic heterocycles. The number of nitrogens with zero attached hydrogens (tertiary/aromatic N) is 2. The van der Waals surface area contributed by atoms with Gasteiger partial charge in [0.15, 0.2) is 0 Å². The van der Waals surface area contributed by atoms with Crippen molar-refractivity contribution in [2.75, 3.05) is 25.0 Å². The van der Waals surface area contributed by atoms with Gasteiger partial charge in [-0.25, -0.2) is 4.98 Å². The molecule has 2 rings (SSSR count). The second kappa shape index (κ2) is 7.71. The van der Waals surface area contributed by atoms with Crippen molar-refractivity contribution in [1.29, 1.82) is 0 Å². The van der Waals surface area contributed by atoms with E-state index in [4.69, 9.17) is 4.74 Å². The number of esters is 1. The van der Waals surface area contributed by atoms with Crippen LogP contribution in [0.4, 0.5) is 5.82 Å². The summed E-state index contributed by atoms with van der Waals surface area (Å²) in [6, 6.07) is 3.45. The molecule has 1 N–H and O–H groups in total. The van der Waals surface area contributed by atoms with Gasteiger partial charge in [0.2, 0.25) is 0 Å². The van der Waals surface area contributed by atoms with E-state index < -0.39 is 11.8 Å². The summed E-state index contributed by atoms with van der Waals surface area (Å²) in [5.74, 6) is -1.39. The molecule has 23 heavy (non-hydrogen) atoms. The third-order valence-corrected chi connectivity index (χ3v) is 3.75. The monoisotopic (exact) mass is 319 g/mol.